The second-order valence-electron chi connectivity index (χ2n) is 9.87. The fourth-order valence-corrected chi connectivity index (χ4v) is 5.35. The number of benzene rings is 2. The topological polar surface area (TPSA) is 112 Å². The molecule has 0 unspecified atom stereocenters. The van der Waals surface area contributed by atoms with E-state index >= 15 is 0 Å². The molecule has 1 aliphatic heterocycles. The third-order valence-electron chi connectivity index (χ3n) is 7.38. The Morgan fingerprint density at radius 1 is 1.03 bits per heavy atom. The third kappa shape index (κ3) is 4.87. The maximum absolute atomic E-state index is 13.9. The lowest BCUT2D eigenvalue weighted by Gasteiger charge is -2.23. The summed E-state index contributed by atoms with van der Waals surface area (Å²) in [7, 11) is 0. The van der Waals surface area contributed by atoms with Gasteiger partial charge in [0.25, 0.3) is 11.8 Å². The van der Waals surface area contributed by atoms with Crippen LogP contribution in [0.2, 0.25) is 0 Å². The van der Waals surface area contributed by atoms with Gasteiger partial charge in [-0.15, -0.1) is 0 Å². The number of carboxylic acids is 1. The minimum absolute atomic E-state index is 0.128. The second kappa shape index (κ2) is 10.7. The van der Waals surface area contributed by atoms with Crippen molar-refractivity contribution in [2.45, 2.75) is 51.7 Å². The number of anilines is 1. The first-order chi connectivity index (χ1) is 18.4. The van der Waals surface area contributed by atoms with Crippen LogP contribution >= 0.6 is 0 Å². The fourth-order valence-electron chi connectivity index (χ4n) is 5.35. The largest absolute Gasteiger partial charge is 0.480 e. The number of aliphatic hydroxyl groups excluding tert-OH is 1. The summed E-state index contributed by atoms with van der Waals surface area (Å²) in [5.74, 6) is -2.04. The molecule has 1 atom stereocenters. The number of aliphatic carboxylic acids is 1. The molecule has 0 radical (unpaired) electrons. The van der Waals surface area contributed by atoms with Crippen molar-refractivity contribution in [3.05, 3.63) is 94.3 Å². The van der Waals surface area contributed by atoms with Gasteiger partial charge in [-0.05, 0) is 85.2 Å². The van der Waals surface area contributed by atoms with E-state index in [0.717, 1.165) is 35.3 Å². The lowest BCUT2D eigenvalue weighted by molar-refractivity contribution is -0.140. The molecule has 2 amide bonds. The molecular formula is C30H31N3O5. The smallest absolute Gasteiger partial charge is 0.328 e. The molecule has 3 N–H and O–H groups in total. The number of nitrogens with one attached hydrogen (secondary N) is 1. The number of allylic oxidation sites excluding steroid dienone is 2. The number of nitrogens with zero attached hydrogens (tertiary/aromatic N) is 2. The molecular weight excluding hydrogens is 482 g/mol. The zero-order valence-electron chi connectivity index (χ0n) is 21.3. The molecule has 1 aromatic heterocycles. The Hall–Kier alpha value is -4.17. The third-order valence-corrected chi connectivity index (χ3v) is 7.38. The van der Waals surface area contributed by atoms with Crippen molar-refractivity contribution in [1.29, 1.82) is 0 Å². The van der Waals surface area contributed by atoms with Gasteiger partial charge < -0.3 is 25.0 Å². The van der Waals surface area contributed by atoms with Crippen molar-refractivity contribution in [1.82, 2.24) is 9.88 Å². The van der Waals surface area contributed by atoms with Crippen molar-refractivity contribution < 1.29 is 24.6 Å². The van der Waals surface area contributed by atoms with Gasteiger partial charge in [0.05, 0.1) is 19.7 Å². The van der Waals surface area contributed by atoms with Crippen LogP contribution in [0.25, 0.3) is 5.57 Å². The lowest BCUT2D eigenvalue weighted by Crippen LogP contribution is -2.44. The maximum Gasteiger partial charge on any atom is 0.328 e. The van der Waals surface area contributed by atoms with Crippen LogP contribution in [0.5, 0.6) is 0 Å². The van der Waals surface area contributed by atoms with E-state index in [9.17, 15) is 24.6 Å². The van der Waals surface area contributed by atoms with Gasteiger partial charge in [0, 0.05) is 16.9 Å². The van der Waals surface area contributed by atoms with E-state index in [1.54, 1.807) is 21.6 Å². The standard InChI is InChI=1S/C30H31N3O5/c1-19-15-21(11-13-24(19)20-7-3-2-4-8-20)29(36)33-17-23-12-14-27(28(35)31-25(18-34)30(37)38)32(23)16-22-9-5-6-10-26(22)33/h5-7,9-15,25,34H,2-4,8,16-18H2,1H3,(H,31,35)(H,37,38)/t25-/m0/s1. The Labute approximate surface area is 221 Å². The maximum atomic E-state index is 13.9. The van der Waals surface area contributed by atoms with Gasteiger partial charge in [-0.1, -0.05) is 30.3 Å². The monoisotopic (exact) mass is 513 g/mol. The molecule has 196 valence electrons. The number of rotatable bonds is 6. The Morgan fingerprint density at radius 3 is 2.55 bits per heavy atom. The number of carbonyl (C=O) groups is 3. The van der Waals surface area contributed by atoms with Crippen molar-refractivity contribution in [3.63, 3.8) is 0 Å². The minimum atomic E-state index is -1.40. The number of aryl methyl sites for hydroxylation is 1. The zero-order valence-corrected chi connectivity index (χ0v) is 21.3. The molecule has 3 aromatic rings. The van der Waals surface area contributed by atoms with Crippen LogP contribution in [0.1, 0.15) is 68.9 Å². The first-order valence-corrected chi connectivity index (χ1v) is 12.9. The number of aromatic nitrogens is 1. The zero-order chi connectivity index (χ0) is 26.8. The van der Waals surface area contributed by atoms with Crippen molar-refractivity contribution in [2.24, 2.45) is 0 Å². The highest BCUT2D eigenvalue weighted by molar-refractivity contribution is 6.07. The van der Waals surface area contributed by atoms with Crippen LogP contribution in [0, 0.1) is 6.92 Å². The summed E-state index contributed by atoms with van der Waals surface area (Å²) >= 11 is 0. The Bertz CT molecular complexity index is 1440. The van der Waals surface area contributed by atoms with Crippen LogP contribution in [-0.4, -0.2) is 45.2 Å². The van der Waals surface area contributed by atoms with Crippen molar-refractivity contribution in [3.8, 4) is 0 Å². The fraction of sp³-hybridized carbons (Fsp3) is 0.300. The molecule has 38 heavy (non-hydrogen) atoms. The minimum Gasteiger partial charge on any atom is -0.480 e. The van der Waals surface area contributed by atoms with E-state index in [4.69, 9.17) is 0 Å². The molecule has 2 heterocycles. The van der Waals surface area contributed by atoms with Crippen molar-refractivity contribution in [2.75, 3.05) is 11.5 Å². The average Bonchev–Trinajstić information content (AvgIpc) is 3.24. The van der Waals surface area contributed by atoms with E-state index in [-0.39, 0.29) is 18.1 Å². The Morgan fingerprint density at radius 2 is 1.84 bits per heavy atom. The average molecular weight is 514 g/mol. The van der Waals surface area contributed by atoms with Gasteiger partial charge in [0.1, 0.15) is 5.69 Å². The number of fused-ring (bicyclic) bond motifs is 2. The second-order valence-corrected chi connectivity index (χ2v) is 9.87. The predicted molar refractivity (Wildman–Crippen MR) is 144 cm³/mol. The van der Waals surface area contributed by atoms with Crippen LogP contribution in [0.15, 0.2) is 60.7 Å². The van der Waals surface area contributed by atoms with Gasteiger partial charge in [-0.25, -0.2) is 4.79 Å². The number of hydrogen-bond acceptors (Lipinski definition) is 4. The molecule has 0 spiro atoms. The number of amides is 2. The molecule has 8 nitrogen and oxygen atoms in total. The van der Waals surface area contributed by atoms with Gasteiger partial charge in [-0.3, -0.25) is 9.59 Å². The van der Waals surface area contributed by atoms with Gasteiger partial charge >= 0.3 is 5.97 Å². The highest BCUT2D eigenvalue weighted by Crippen LogP contribution is 2.32. The van der Waals surface area contributed by atoms with Crippen LogP contribution in [-0.2, 0) is 17.9 Å². The van der Waals surface area contributed by atoms with Gasteiger partial charge in [-0.2, -0.15) is 0 Å². The summed E-state index contributed by atoms with van der Waals surface area (Å²) in [5.41, 5.74) is 6.87. The van der Waals surface area contributed by atoms with Gasteiger partial charge in [0.2, 0.25) is 0 Å². The van der Waals surface area contributed by atoms with Crippen LogP contribution in [0.3, 0.4) is 0 Å². The highest BCUT2D eigenvalue weighted by atomic mass is 16.4. The molecule has 2 aromatic carbocycles. The van der Waals surface area contributed by atoms with Crippen LogP contribution < -0.4 is 10.2 Å². The molecule has 0 bridgehead atoms. The first kappa shape index (κ1) is 25.5. The summed E-state index contributed by atoms with van der Waals surface area (Å²) in [6.07, 6.45) is 6.87. The van der Waals surface area contributed by atoms with E-state index in [0.29, 0.717) is 12.1 Å². The molecule has 0 fully saturated rings. The summed E-state index contributed by atoms with van der Waals surface area (Å²) in [6.45, 7) is 1.92. The normalized spacial score (nSPS) is 15.5. The van der Waals surface area contributed by atoms with E-state index in [2.05, 4.69) is 17.5 Å². The quantitative estimate of drug-likeness (QED) is 0.459. The van der Waals surface area contributed by atoms with Gasteiger partial charge in [0.15, 0.2) is 6.04 Å². The lowest BCUT2D eigenvalue weighted by atomic mass is 9.90. The van der Waals surface area contributed by atoms with E-state index < -0.39 is 24.5 Å². The number of carboxylic acid groups (broad SMARTS) is 1. The Kier molecular flexibility index (Phi) is 7.15. The summed E-state index contributed by atoms with van der Waals surface area (Å²) in [6, 6.07) is 15.5. The molecule has 8 heteroatoms. The number of carbonyl (C=O) groups excluding carboxylic acids is 2. The number of hydrogen-bond donors (Lipinski definition) is 3. The number of aliphatic hydroxyl groups is 1. The molecule has 1 aliphatic carbocycles. The molecule has 0 saturated carbocycles. The number of para-hydroxylation sites is 1. The van der Waals surface area contributed by atoms with E-state index in [1.807, 2.05) is 43.3 Å². The molecule has 2 aliphatic rings. The summed E-state index contributed by atoms with van der Waals surface area (Å²) in [5, 5.41) is 20.9. The van der Waals surface area contributed by atoms with Crippen LogP contribution in [0.4, 0.5) is 5.69 Å². The predicted octanol–water partition coefficient (Wildman–Crippen LogP) is 4.14. The molecule has 0 saturated heterocycles. The first-order valence-electron chi connectivity index (χ1n) is 12.9. The highest BCUT2D eigenvalue weighted by Gasteiger charge is 2.29. The summed E-state index contributed by atoms with van der Waals surface area (Å²) < 4.78 is 1.79. The SMILES string of the molecule is Cc1cc(C(=O)N2Cc3ccc(C(=O)N[C@@H](CO)C(=O)O)n3Cc3ccccc32)ccc1C1=CCCCC1. The van der Waals surface area contributed by atoms with E-state index in [1.165, 1.54) is 24.0 Å². The molecule has 5 rings (SSSR count). The summed E-state index contributed by atoms with van der Waals surface area (Å²) in [4.78, 5) is 39.9. The Balaban J connectivity index is 1.47. The van der Waals surface area contributed by atoms with Crippen molar-refractivity contribution >= 4 is 29.0 Å².